The minimum absolute atomic E-state index is 0.0794. The van der Waals surface area contributed by atoms with E-state index in [0.29, 0.717) is 17.9 Å². The zero-order chi connectivity index (χ0) is 15.0. The molecular weight excluding hydrogens is 268 g/mol. The summed E-state index contributed by atoms with van der Waals surface area (Å²) in [6, 6.07) is 5.41. The van der Waals surface area contributed by atoms with Gasteiger partial charge in [0.25, 0.3) is 0 Å². The van der Waals surface area contributed by atoms with Gasteiger partial charge >= 0.3 is 0 Å². The molecule has 1 aliphatic carbocycles. The SMILES string of the molecule is COc1cccc(CN)c1N1C(=O)CC2(CCCC2)C1=O. The number of imide groups is 1. The van der Waals surface area contributed by atoms with Gasteiger partial charge in [-0.05, 0) is 24.5 Å². The van der Waals surface area contributed by atoms with Crippen LogP contribution in [0.2, 0.25) is 0 Å². The molecule has 1 heterocycles. The van der Waals surface area contributed by atoms with Crippen molar-refractivity contribution in [3.63, 3.8) is 0 Å². The molecule has 0 atom stereocenters. The predicted molar refractivity (Wildman–Crippen MR) is 78.9 cm³/mol. The molecule has 0 aromatic heterocycles. The first kappa shape index (κ1) is 14.1. The van der Waals surface area contributed by atoms with Crippen molar-refractivity contribution in [1.29, 1.82) is 0 Å². The van der Waals surface area contributed by atoms with Gasteiger partial charge < -0.3 is 10.5 Å². The fourth-order valence-corrected chi connectivity index (χ4v) is 3.61. The Hall–Kier alpha value is -1.88. The van der Waals surface area contributed by atoms with E-state index in [1.54, 1.807) is 6.07 Å². The number of para-hydroxylation sites is 1. The maximum Gasteiger partial charge on any atom is 0.240 e. The van der Waals surface area contributed by atoms with E-state index in [-0.39, 0.29) is 18.4 Å². The van der Waals surface area contributed by atoms with Crippen molar-refractivity contribution in [2.24, 2.45) is 11.1 Å². The molecule has 0 unspecified atom stereocenters. The van der Waals surface area contributed by atoms with Crippen molar-refractivity contribution >= 4 is 17.5 Å². The van der Waals surface area contributed by atoms with E-state index in [9.17, 15) is 9.59 Å². The lowest BCUT2D eigenvalue weighted by molar-refractivity contribution is -0.125. The number of carbonyl (C=O) groups excluding carboxylic acids is 2. The van der Waals surface area contributed by atoms with Gasteiger partial charge in [-0.1, -0.05) is 25.0 Å². The summed E-state index contributed by atoms with van der Waals surface area (Å²) in [7, 11) is 1.54. The summed E-state index contributed by atoms with van der Waals surface area (Å²) in [6.45, 7) is 0.261. The summed E-state index contributed by atoms with van der Waals surface area (Å²) < 4.78 is 5.35. The largest absolute Gasteiger partial charge is 0.495 e. The number of amides is 2. The molecule has 2 amide bonds. The highest BCUT2D eigenvalue weighted by Crippen LogP contribution is 2.49. The molecule has 21 heavy (non-hydrogen) atoms. The van der Waals surface area contributed by atoms with E-state index in [4.69, 9.17) is 10.5 Å². The second-order valence-corrected chi connectivity index (χ2v) is 5.87. The third kappa shape index (κ3) is 2.03. The van der Waals surface area contributed by atoms with Crippen LogP contribution in [0.5, 0.6) is 5.75 Å². The van der Waals surface area contributed by atoms with E-state index in [1.165, 1.54) is 12.0 Å². The number of nitrogens with zero attached hydrogens (tertiary/aromatic N) is 1. The van der Waals surface area contributed by atoms with Crippen LogP contribution < -0.4 is 15.4 Å². The molecule has 1 aromatic carbocycles. The van der Waals surface area contributed by atoms with Crippen LogP contribution in [0.25, 0.3) is 0 Å². The summed E-state index contributed by atoms with van der Waals surface area (Å²) in [6.07, 6.45) is 3.96. The summed E-state index contributed by atoms with van der Waals surface area (Å²) in [5, 5.41) is 0. The summed E-state index contributed by atoms with van der Waals surface area (Å²) in [4.78, 5) is 26.7. The Balaban J connectivity index is 2.08. The number of ether oxygens (including phenoxy) is 1. The normalized spacial score (nSPS) is 20.6. The van der Waals surface area contributed by atoms with Gasteiger partial charge in [0.15, 0.2) is 0 Å². The average Bonchev–Trinajstić information content (AvgIpc) is 3.05. The van der Waals surface area contributed by atoms with Crippen molar-refractivity contribution < 1.29 is 14.3 Å². The second kappa shape index (κ2) is 5.15. The van der Waals surface area contributed by atoms with Gasteiger partial charge in [0.2, 0.25) is 11.8 Å². The lowest BCUT2D eigenvalue weighted by Crippen LogP contribution is -2.35. The summed E-state index contributed by atoms with van der Waals surface area (Å²) in [5.74, 6) is 0.306. The van der Waals surface area contributed by atoms with Gasteiger partial charge in [-0.25, -0.2) is 4.90 Å². The van der Waals surface area contributed by atoms with Gasteiger partial charge in [-0.2, -0.15) is 0 Å². The predicted octanol–water partition coefficient (Wildman–Crippen LogP) is 1.98. The number of anilines is 1. The monoisotopic (exact) mass is 288 g/mol. The maximum atomic E-state index is 12.9. The van der Waals surface area contributed by atoms with Crippen LogP contribution in [0.4, 0.5) is 5.69 Å². The fraction of sp³-hybridized carbons (Fsp3) is 0.500. The Labute approximate surface area is 124 Å². The third-order valence-corrected chi connectivity index (χ3v) is 4.70. The minimum atomic E-state index is -0.482. The van der Waals surface area contributed by atoms with E-state index in [2.05, 4.69) is 0 Å². The highest BCUT2D eigenvalue weighted by atomic mass is 16.5. The Morgan fingerprint density at radius 1 is 1.29 bits per heavy atom. The van der Waals surface area contributed by atoms with E-state index < -0.39 is 5.41 Å². The Bertz CT molecular complexity index is 569. The quantitative estimate of drug-likeness (QED) is 0.863. The molecule has 1 aromatic rings. The first-order valence-corrected chi connectivity index (χ1v) is 7.36. The van der Waals surface area contributed by atoms with Crippen LogP contribution in [0.3, 0.4) is 0 Å². The molecule has 2 fully saturated rings. The molecule has 1 saturated carbocycles. The average molecular weight is 288 g/mol. The van der Waals surface area contributed by atoms with Gasteiger partial charge in [0, 0.05) is 13.0 Å². The Morgan fingerprint density at radius 3 is 2.62 bits per heavy atom. The van der Waals surface area contributed by atoms with Crippen LogP contribution >= 0.6 is 0 Å². The number of rotatable bonds is 3. The third-order valence-electron chi connectivity index (χ3n) is 4.70. The van der Waals surface area contributed by atoms with Crippen molar-refractivity contribution in [3.8, 4) is 5.75 Å². The van der Waals surface area contributed by atoms with Crippen LogP contribution in [-0.4, -0.2) is 18.9 Å². The number of hydrogen-bond donors (Lipinski definition) is 1. The van der Waals surface area contributed by atoms with Crippen LogP contribution in [0.1, 0.15) is 37.7 Å². The lowest BCUT2D eigenvalue weighted by Gasteiger charge is -2.24. The zero-order valence-corrected chi connectivity index (χ0v) is 12.2. The highest BCUT2D eigenvalue weighted by molar-refractivity contribution is 6.23. The standard InChI is InChI=1S/C16H20N2O3/c1-21-12-6-4-5-11(10-17)14(12)18-13(19)9-16(15(18)20)7-2-3-8-16/h4-6H,2-3,7-10,17H2,1H3. The van der Waals surface area contributed by atoms with Gasteiger partial charge in [-0.3, -0.25) is 9.59 Å². The molecule has 112 valence electrons. The molecule has 0 radical (unpaired) electrons. The van der Waals surface area contributed by atoms with E-state index in [1.807, 2.05) is 12.1 Å². The van der Waals surface area contributed by atoms with Crippen LogP contribution in [0, 0.1) is 5.41 Å². The molecule has 5 heteroatoms. The lowest BCUT2D eigenvalue weighted by atomic mass is 9.84. The first-order chi connectivity index (χ1) is 10.1. The molecule has 2 N–H and O–H groups in total. The Morgan fingerprint density at radius 2 is 2.00 bits per heavy atom. The van der Waals surface area contributed by atoms with E-state index in [0.717, 1.165) is 31.2 Å². The molecule has 2 aliphatic rings. The van der Waals surface area contributed by atoms with Crippen molar-refractivity contribution in [2.75, 3.05) is 12.0 Å². The van der Waals surface area contributed by atoms with Gasteiger partial charge in [-0.15, -0.1) is 0 Å². The number of benzene rings is 1. The number of methoxy groups -OCH3 is 1. The zero-order valence-electron chi connectivity index (χ0n) is 12.2. The molecular formula is C16H20N2O3. The summed E-state index contributed by atoms with van der Waals surface area (Å²) >= 11 is 0. The van der Waals surface area contributed by atoms with Crippen LogP contribution in [-0.2, 0) is 16.1 Å². The molecule has 1 aliphatic heterocycles. The Kier molecular flexibility index (Phi) is 3.45. The molecule has 5 nitrogen and oxygen atoms in total. The molecule has 0 bridgehead atoms. The van der Waals surface area contributed by atoms with Gasteiger partial charge in [0.1, 0.15) is 5.75 Å². The maximum absolute atomic E-state index is 12.9. The van der Waals surface area contributed by atoms with Crippen molar-refractivity contribution in [2.45, 2.75) is 38.6 Å². The van der Waals surface area contributed by atoms with E-state index >= 15 is 0 Å². The summed E-state index contributed by atoms with van der Waals surface area (Å²) in [5.41, 5.74) is 6.58. The second-order valence-electron chi connectivity index (χ2n) is 5.87. The molecule has 1 saturated heterocycles. The van der Waals surface area contributed by atoms with Crippen LogP contribution in [0.15, 0.2) is 18.2 Å². The number of carbonyl (C=O) groups is 2. The smallest absolute Gasteiger partial charge is 0.240 e. The topological polar surface area (TPSA) is 72.6 Å². The van der Waals surface area contributed by atoms with Crippen molar-refractivity contribution in [3.05, 3.63) is 23.8 Å². The van der Waals surface area contributed by atoms with Crippen molar-refractivity contribution in [1.82, 2.24) is 0 Å². The first-order valence-electron chi connectivity index (χ1n) is 7.36. The molecule has 1 spiro atoms. The number of nitrogens with two attached hydrogens (primary N) is 1. The molecule has 3 rings (SSSR count). The number of hydrogen-bond acceptors (Lipinski definition) is 4. The highest BCUT2D eigenvalue weighted by Gasteiger charge is 2.53. The van der Waals surface area contributed by atoms with Gasteiger partial charge in [0.05, 0.1) is 18.2 Å². The fourth-order valence-electron chi connectivity index (χ4n) is 3.61. The minimum Gasteiger partial charge on any atom is -0.495 e.